The largest absolute Gasteiger partial charge is 0.439 e. The van der Waals surface area contributed by atoms with Gasteiger partial charge in [-0.15, -0.1) is 0 Å². The molecule has 18 heavy (non-hydrogen) atoms. The van der Waals surface area contributed by atoms with Gasteiger partial charge in [0.05, 0.1) is 5.56 Å². The van der Waals surface area contributed by atoms with Gasteiger partial charge in [-0.3, -0.25) is 0 Å². The molecule has 0 amide bonds. The van der Waals surface area contributed by atoms with E-state index in [1.165, 1.54) is 6.33 Å². The van der Waals surface area contributed by atoms with E-state index in [4.69, 9.17) is 10.5 Å². The number of rotatable bonds is 3. The van der Waals surface area contributed by atoms with Crippen LogP contribution in [0.25, 0.3) is 0 Å². The van der Waals surface area contributed by atoms with Gasteiger partial charge in [0.1, 0.15) is 17.9 Å². The minimum atomic E-state index is 0.205. The fraction of sp³-hybridized carbons (Fsp3) is 0.231. The van der Waals surface area contributed by atoms with Gasteiger partial charge < -0.3 is 10.5 Å². The van der Waals surface area contributed by atoms with Gasteiger partial charge >= 0.3 is 0 Å². The molecule has 1 aromatic heterocycles. The Morgan fingerprint density at radius 2 is 1.83 bits per heavy atom. The zero-order valence-corrected chi connectivity index (χ0v) is 11.8. The van der Waals surface area contributed by atoms with Crippen molar-refractivity contribution in [1.29, 1.82) is 0 Å². The van der Waals surface area contributed by atoms with E-state index in [1.807, 2.05) is 38.1 Å². The third kappa shape index (κ3) is 2.79. The first-order chi connectivity index (χ1) is 8.58. The number of nitrogens with two attached hydrogens (primary N) is 1. The third-order valence-electron chi connectivity index (χ3n) is 2.48. The Morgan fingerprint density at radius 3 is 2.44 bits per heavy atom. The fourth-order valence-electron chi connectivity index (χ4n) is 1.63. The summed E-state index contributed by atoms with van der Waals surface area (Å²) in [5.74, 6) is 1.90. The van der Waals surface area contributed by atoms with Crippen LogP contribution in [0.4, 0.5) is 5.82 Å². The van der Waals surface area contributed by atoms with Crippen LogP contribution in [0.15, 0.2) is 35.1 Å². The van der Waals surface area contributed by atoms with Crippen LogP contribution in [0.2, 0.25) is 0 Å². The van der Waals surface area contributed by atoms with Crippen LogP contribution in [-0.4, -0.2) is 9.97 Å². The zero-order chi connectivity index (χ0) is 13.1. The van der Waals surface area contributed by atoms with Crippen molar-refractivity contribution in [2.75, 3.05) is 5.73 Å². The normalized spacial score (nSPS) is 10.7. The molecule has 0 saturated heterocycles. The molecule has 5 heteroatoms. The first kappa shape index (κ1) is 12.8. The molecule has 94 valence electrons. The molecule has 0 aliphatic carbocycles. The SMILES string of the molecule is CC(C)c1c(N)ncnc1Oc1ccc(Br)cc1. The maximum atomic E-state index is 5.86. The average molecular weight is 308 g/mol. The lowest BCUT2D eigenvalue weighted by molar-refractivity contribution is 0.452. The van der Waals surface area contributed by atoms with E-state index in [2.05, 4.69) is 25.9 Å². The van der Waals surface area contributed by atoms with E-state index in [0.29, 0.717) is 11.7 Å². The van der Waals surface area contributed by atoms with Crippen molar-refractivity contribution in [2.24, 2.45) is 0 Å². The smallest absolute Gasteiger partial charge is 0.227 e. The summed E-state index contributed by atoms with van der Waals surface area (Å²) < 4.78 is 6.76. The van der Waals surface area contributed by atoms with E-state index in [0.717, 1.165) is 15.8 Å². The van der Waals surface area contributed by atoms with E-state index >= 15 is 0 Å². The molecule has 0 bridgehead atoms. The highest BCUT2D eigenvalue weighted by Crippen LogP contribution is 2.31. The molecule has 2 rings (SSSR count). The Labute approximate surface area is 114 Å². The molecular formula is C13H14BrN3O. The maximum absolute atomic E-state index is 5.86. The average Bonchev–Trinajstić information content (AvgIpc) is 2.32. The second-order valence-corrected chi connectivity index (χ2v) is 5.10. The van der Waals surface area contributed by atoms with Crippen molar-refractivity contribution in [3.05, 3.63) is 40.6 Å². The highest BCUT2D eigenvalue weighted by Gasteiger charge is 2.14. The lowest BCUT2D eigenvalue weighted by atomic mass is 10.1. The molecule has 4 nitrogen and oxygen atoms in total. The van der Waals surface area contributed by atoms with Crippen LogP contribution < -0.4 is 10.5 Å². The molecule has 1 heterocycles. The molecule has 0 fully saturated rings. The lowest BCUT2D eigenvalue weighted by Crippen LogP contribution is -2.04. The summed E-state index contributed by atoms with van der Waals surface area (Å²) in [5, 5.41) is 0. The van der Waals surface area contributed by atoms with Crippen molar-refractivity contribution < 1.29 is 4.74 Å². The molecule has 0 aliphatic rings. The van der Waals surface area contributed by atoms with Crippen LogP contribution in [0, 0.1) is 0 Å². The van der Waals surface area contributed by atoms with E-state index < -0.39 is 0 Å². The Morgan fingerprint density at radius 1 is 1.17 bits per heavy atom. The Kier molecular flexibility index (Phi) is 3.81. The first-order valence-corrected chi connectivity index (χ1v) is 6.41. The fourth-order valence-corrected chi connectivity index (χ4v) is 1.89. The number of hydrogen-bond donors (Lipinski definition) is 1. The van der Waals surface area contributed by atoms with Crippen LogP contribution in [0.3, 0.4) is 0 Å². The van der Waals surface area contributed by atoms with Gasteiger partial charge in [0.15, 0.2) is 0 Å². The van der Waals surface area contributed by atoms with Crippen LogP contribution in [0.5, 0.6) is 11.6 Å². The summed E-state index contributed by atoms with van der Waals surface area (Å²) >= 11 is 3.38. The monoisotopic (exact) mass is 307 g/mol. The van der Waals surface area contributed by atoms with E-state index in [9.17, 15) is 0 Å². The van der Waals surface area contributed by atoms with Gasteiger partial charge in [0.25, 0.3) is 0 Å². The molecular weight excluding hydrogens is 294 g/mol. The molecule has 0 spiro atoms. The Hall–Kier alpha value is -1.62. The summed E-state index contributed by atoms with van der Waals surface area (Å²) in [4.78, 5) is 8.15. The van der Waals surface area contributed by atoms with Crippen LogP contribution >= 0.6 is 15.9 Å². The van der Waals surface area contributed by atoms with Gasteiger partial charge in [0, 0.05) is 4.47 Å². The summed E-state index contributed by atoms with van der Waals surface area (Å²) in [6.45, 7) is 4.06. The molecule has 0 atom stereocenters. The topological polar surface area (TPSA) is 61.0 Å². The number of hydrogen-bond acceptors (Lipinski definition) is 4. The van der Waals surface area contributed by atoms with Crippen molar-refractivity contribution in [3.8, 4) is 11.6 Å². The predicted molar refractivity (Wildman–Crippen MR) is 74.7 cm³/mol. The lowest BCUT2D eigenvalue weighted by Gasteiger charge is -2.13. The van der Waals surface area contributed by atoms with Gasteiger partial charge in [-0.1, -0.05) is 29.8 Å². The molecule has 0 radical (unpaired) electrons. The summed E-state index contributed by atoms with van der Waals surface area (Å²) in [7, 11) is 0. The molecule has 1 aromatic carbocycles. The highest BCUT2D eigenvalue weighted by atomic mass is 79.9. The standard InChI is InChI=1S/C13H14BrN3O/c1-8(2)11-12(15)16-7-17-13(11)18-10-5-3-9(14)4-6-10/h3-8H,1-2H3,(H2,15,16,17). The van der Waals surface area contributed by atoms with Gasteiger partial charge in [-0.2, -0.15) is 0 Å². The number of nitrogen functional groups attached to an aromatic ring is 1. The zero-order valence-electron chi connectivity index (χ0n) is 10.2. The minimum absolute atomic E-state index is 0.205. The van der Waals surface area contributed by atoms with Crippen LogP contribution in [0.1, 0.15) is 25.3 Å². The quantitative estimate of drug-likeness (QED) is 0.938. The van der Waals surface area contributed by atoms with Gasteiger partial charge in [-0.05, 0) is 30.2 Å². The number of benzene rings is 1. The first-order valence-electron chi connectivity index (χ1n) is 5.61. The van der Waals surface area contributed by atoms with Crippen molar-refractivity contribution in [3.63, 3.8) is 0 Å². The number of ether oxygens (including phenoxy) is 1. The van der Waals surface area contributed by atoms with Crippen molar-refractivity contribution >= 4 is 21.7 Å². The van der Waals surface area contributed by atoms with Crippen LogP contribution in [-0.2, 0) is 0 Å². The Balaban J connectivity index is 2.34. The number of aromatic nitrogens is 2. The summed E-state index contributed by atoms with van der Waals surface area (Å²) in [6, 6.07) is 7.56. The second kappa shape index (κ2) is 5.35. The van der Waals surface area contributed by atoms with Gasteiger partial charge in [-0.25, -0.2) is 9.97 Å². The maximum Gasteiger partial charge on any atom is 0.227 e. The van der Waals surface area contributed by atoms with E-state index in [1.54, 1.807) is 0 Å². The van der Waals surface area contributed by atoms with Gasteiger partial charge in [0.2, 0.25) is 5.88 Å². The molecule has 0 saturated carbocycles. The minimum Gasteiger partial charge on any atom is -0.439 e. The molecule has 0 unspecified atom stereocenters. The Bertz CT molecular complexity index is 540. The summed E-state index contributed by atoms with van der Waals surface area (Å²) in [6.07, 6.45) is 1.41. The second-order valence-electron chi connectivity index (χ2n) is 4.19. The number of halogens is 1. The molecule has 2 N–H and O–H groups in total. The summed E-state index contributed by atoms with van der Waals surface area (Å²) in [5.41, 5.74) is 6.70. The highest BCUT2D eigenvalue weighted by molar-refractivity contribution is 9.10. The van der Waals surface area contributed by atoms with Crippen molar-refractivity contribution in [1.82, 2.24) is 9.97 Å². The third-order valence-corrected chi connectivity index (χ3v) is 3.01. The molecule has 2 aromatic rings. The predicted octanol–water partition coefficient (Wildman–Crippen LogP) is 3.74. The molecule has 0 aliphatic heterocycles. The van der Waals surface area contributed by atoms with Crippen molar-refractivity contribution in [2.45, 2.75) is 19.8 Å². The number of anilines is 1. The number of nitrogens with zero attached hydrogens (tertiary/aromatic N) is 2. The van der Waals surface area contributed by atoms with E-state index in [-0.39, 0.29) is 5.92 Å².